The highest BCUT2D eigenvalue weighted by Crippen LogP contribution is 2.16. The van der Waals surface area contributed by atoms with E-state index in [0.717, 1.165) is 18.8 Å². The topological polar surface area (TPSA) is 64.3 Å². The van der Waals surface area contributed by atoms with Gasteiger partial charge in [0.2, 0.25) is 0 Å². The molecule has 0 aliphatic rings. The van der Waals surface area contributed by atoms with Crippen LogP contribution in [-0.4, -0.2) is 12.6 Å². The molecule has 0 aliphatic heterocycles. The first-order chi connectivity index (χ1) is 10.2. The van der Waals surface area contributed by atoms with Crippen molar-refractivity contribution in [1.82, 2.24) is 0 Å². The zero-order chi connectivity index (χ0) is 15.3. The van der Waals surface area contributed by atoms with Crippen LogP contribution in [0.25, 0.3) is 0 Å². The molecule has 0 saturated carbocycles. The molecule has 0 bridgehead atoms. The number of rotatable bonds is 11. The molecule has 1 aromatic carbocycles. The maximum atomic E-state index is 10.7. The van der Waals surface area contributed by atoms with Crippen molar-refractivity contribution in [3.05, 3.63) is 24.3 Å². The van der Waals surface area contributed by atoms with E-state index < -0.39 is 6.03 Å². The number of ether oxygens (including phenoxy) is 1. The second-order valence-corrected chi connectivity index (χ2v) is 5.34. The Morgan fingerprint density at radius 3 is 2.14 bits per heavy atom. The number of benzene rings is 1. The molecule has 118 valence electrons. The van der Waals surface area contributed by atoms with Crippen LogP contribution < -0.4 is 15.8 Å². The molecule has 3 N–H and O–H groups in total. The molecule has 2 amide bonds. The maximum Gasteiger partial charge on any atom is 0.316 e. The second-order valence-electron chi connectivity index (χ2n) is 5.34. The maximum absolute atomic E-state index is 10.7. The Hall–Kier alpha value is -1.71. The van der Waals surface area contributed by atoms with Crippen molar-refractivity contribution in [1.29, 1.82) is 0 Å². The number of hydrogen-bond acceptors (Lipinski definition) is 2. The van der Waals surface area contributed by atoms with Crippen molar-refractivity contribution >= 4 is 11.7 Å². The van der Waals surface area contributed by atoms with Crippen LogP contribution in [0.5, 0.6) is 5.75 Å². The molecule has 0 saturated heterocycles. The number of primary amides is 1. The third-order valence-electron chi connectivity index (χ3n) is 3.39. The van der Waals surface area contributed by atoms with Gasteiger partial charge in [-0.2, -0.15) is 0 Å². The van der Waals surface area contributed by atoms with Crippen LogP contribution >= 0.6 is 0 Å². The van der Waals surface area contributed by atoms with Gasteiger partial charge >= 0.3 is 6.03 Å². The Morgan fingerprint density at radius 1 is 1.00 bits per heavy atom. The standard InChI is InChI=1S/C17H28N2O2/c1-2-3-4-5-6-7-8-9-14-21-16-12-10-15(11-13-16)19-17(18)20/h10-13H,2-9,14H2,1H3,(H3,18,19,20). The Labute approximate surface area is 128 Å². The number of urea groups is 1. The molecular weight excluding hydrogens is 264 g/mol. The summed E-state index contributed by atoms with van der Waals surface area (Å²) in [5, 5.41) is 2.52. The minimum atomic E-state index is -0.553. The summed E-state index contributed by atoms with van der Waals surface area (Å²) in [5.74, 6) is 0.827. The molecule has 0 atom stereocenters. The average Bonchev–Trinajstić information content (AvgIpc) is 2.47. The van der Waals surface area contributed by atoms with Crippen LogP contribution in [-0.2, 0) is 0 Å². The molecule has 0 aliphatic carbocycles. The molecule has 4 heteroatoms. The Bertz CT molecular complexity index is 390. The van der Waals surface area contributed by atoms with E-state index in [1.54, 1.807) is 12.1 Å². The summed E-state index contributed by atoms with van der Waals surface area (Å²) in [7, 11) is 0. The van der Waals surface area contributed by atoms with Gasteiger partial charge in [-0.3, -0.25) is 0 Å². The molecule has 1 aromatic rings. The van der Waals surface area contributed by atoms with Gasteiger partial charge in [0.1, 0.15) is 5.75 Å². The number of carbonyl (C=O) groups excluding carboxylic acids is 1. The largest absolute Gasteiger partial charge is 0.494 e. The van der Waals surface area contributed by atoms with Crippen LogP contribution in [0.1, 0.15) is 58.3 Å². The van der Waals surface area contributed by atoms with Gasteiger partial charge in [0, 0.05) is 5.69 Å². The van der Waals surface area contributed by atoms with Gasteiger partial charge in [-0.05, 0) is 30.7 Å². The summed E-state index contributed by atoms with van der Waals surface area (Å²) in [5.41, 5.74) is 5.73. The highest BCUT2D eigenvalue weighted by molar-refractivity contribution is 5.87. The van der Waals surface area contributed by atoms with E-state index in [1.807, 2.05) is 12.1 Å². The first-order valence-corrected chi connectivity index (χ1v) is 8.01. The van der Waals surface area contributed by atoms with Gasteiger partial charge in [0.25, 0.3) is 0 Å². The molecular formula is C17H28N2O2. The van der Waals surface area contributed by atoms with E-state index >= 15 is 0 Å². The van der Waals surface area contributed by atoms with Crippen molar-refractivity contribution in [2.24, 2.45) is 5.73 Å². The molecule has 0 radical (unpaired) electrons. The fraction of sp³-hybridized carbons (Fsp3) is 0.588. The van der Waals surface area contributed by atoms with Crippen LogP contribution in [0, 0.1) is 0 Å². The predicted octanol–water partition coefficient (Wildman–Crippen LogP) is 4.70. The number of nitrogens with one attached hydrogen (secondary N) is 1. The number of amides is 2. The lowest BCUT2D eigenvalue weighted by Gasteiger charge is -2.07. The van der Waals surface area contributed by atoms with Crippen LogP contribution in [0.2, 0.25) is 0 Å². The van der Waals surface area contributed by atoms with Gasteiger partial charge in [-0.1, -0.05) is 51.9 Å². The summed E-state index contributed by atoms with van der Waals surface area (Å²) >= 11 is 0. The highest BCUT2D eigenvalue weighted by atomic mass is 16.5. The lowest BCUT2D eigenvalue weighted by atomic mass is 10.1. The summed E-state index contributed by atoms with van der Waals surface area (Å²) in [6.07, 6.45) is 10.4. The third-order valence-corrected chi connectivity index (χ3v) is 3.39. The first kappa shape index (κ1) is 17.3. The summed E-state index contributed by atoms with van der Waals surface area (Å²) < 4.78 is 5.67. The SMILES string of the molecule is CCCCCCCCCCOc1ccc(NC(N)=O)cc1. The molecule has 0 heterocycles. The van der Waals surface area contributed by atoms with Crippen molar-refractivity contribution in [2.75, 3.05) is 11.9 Å². The smallest absolute Gasteiger partial charge is 0.316 e. The monoisotopic (exact) mass is 292 g/mol. The van der Waals surface area contributed by atoms with Gasteiger partial charge in [0.05, 0.1) is 6.61 Å². The van der Waals surface area contributed by atoms with Crippen LogP contribution in [0.4, 0.5) is 10.5 Å². The fourth-order valence-corrected chi connectivity index (χ4v) is 2.20. The van der Waals surface area contributed by atoms with E-state index in [4.69, 9.17) is 10.5 Å². The van der Waals surface area contributed by atoms with E-state index in [1.165, 1.54) is 44.9 Å². The minimum absolute atomic E-state index is 0.553. The number of hydrogen-bond donors (Lipinski definition) is 2. The van der Waals surface area contributed by atoms with E-state index in [0.29, 0.717) is 5.69 Å². The lowest BCUT2D eigenvalue weighted by molar-refractivity contribution is 0.259. The van der Waals surface area contributed by atoms with E-state index in [9.17, 15) is 4.79 Å². The molecule has 0 spiro atoms. The first-order valence-electron chi connectivity index (χ1n) is 8.01. The normalized spacial score (nSPS) is 10.3. The number of unbranched alkanes of at least 4 members (excludes halogenated alkanes) is 7. The van der Waals surface area contributed by atoms with Gasteiger partial charge in [-0.25, -0.2) is 4.79 Å². The molecule has 0 fully saturated rings. The quantitative estimate of drug-likeness (QED) is 0.581. The number of carbonyl (C=O) groups is 1. The minimum Gasteiger partial charge on any atom is -0.494 e. The molecule has 4 nitrogen and oxygen atoms in total. The van der Waals surface area contributed by atoms with Gasteiger partial charge in [-0.15, -0.1) is 0 Å². The van der Waals surface area contributed by atoms with Crippen molar-refractivity contribution < 1.29 is 9.53 Å². The zero-order valence-corrected chi connectivity index (χ0v) is 13.1. The third kappa shape index (κ3) is 8.95. The average molecular weight is 292 g/mol. The van der Waals surface area contributed by atoms with Crippen LogP contribution in [0.15, 0.2) is 24.3 Å². The van der Waals surface area contributed by atoms with Crippen molar-refractivity contribution in [2.45, 2.75) is 58.3 Å². The lowest BCUT2D eigenvalue weighted by Crippen LogP contribution is -2.19. The summed E-state index contributed by atoms with van der Waals surface area (Å²) in [6, 6.07) is 6.70. The van der Waals surface area contributed by atoms with Gasteiger partial charge < -0.3 is 15.8 Å². The zero-order valence-electron chi connectivity index (χ0n) is 13.1. The molecule has 1 rings (SSSR count). The van der Waals surface area contributed by atoms with Gasteiger partial charge in [0.15, 0.2) is 0 Å². The number of nitrogens with two attached hydrogens (primary N) is 1. The fourth-order valence-electron chi connectivity index (χ4n) is 2.20. The van der Waals surface area contributed by atoms with Crippen LogP contribution in [0.3, 0.4) is 0 Å². The second kappa shape index (κ2) is 11.0. The summed E-state index contributed by atoms with van der Waals surface area (Å²) in [4.78, 5) is 10.7. The highest BCUT2D eigenvalue weighted by Gasteiger charge is 1.98. The Morgan fingerprint density at radius 2 is 1.57 bits per heavy atom. The predicted molar refractivity (Wildman–Crippen MR) is 87.8 cm³/mol. The van der Waals surface area contributed by atoms with E-state index in [-0.39, 0.29) is 0 Å². The Kier molecular flexibility index (Phi) is 9.09. The van der Waals surface area contributed by atoms with Crippen molar-refractivity contribution in [3.8, 4) is 5.75 Å². The molecule has 21 heavy (non-hydrogen) atoms. The molecule has 0 unspecified atom stereocenters. The summed E-state index contributed by atoms with van der Waals surface area (Å²) in [6.45, 7) is 2.99. The van der Waals surface area contributed by atoms with E-state index in [2.05, 4.69) is 12.2 Å². The molecule has 0 aromatic heterocycles. The number of anilines is 1. The van der Waals surface area contributed by atoms with Crippen molar-refractivity contribution in [3.63, 3.8) is 0 Å². The Balaban J connectivity index is 2.03.